The number of halogens is 1. The summed E-state index contributed by atoms with van der Waals surface area (Å²) in [5.74, 6) is 6.91. The minimum atomic E-state index is -0.310. The zero-order chi connectivity index (χ0) is 19.2. The van der Waals surface area contributed by atoms with Gasteiger partial charge in [-0.25, -0.2) is 9.07 Å². The third-order valence-electron chi connectivity index (χ3n) is 3.75. The fourth-order valence-electron chi connectivity index (χ4n) is 2.30. The van der Waals surface area contributed by atoms with E-state index in [9.17, 15) is 9.18 Å². The second-order valence-electron chi connectivity index (χ2n) is 5.60. The molecule has 0 aliphatic heterocycles. The summed E-state index contributed by atoms with van der Waals surface area (Å²) in [4.78, 5) is 12.0. The number of rotatable bonds is 7. The maximum atomic E-state index is 12.9. The van der Waals surface area contributed by atoms with Gasteiger partial charge >= 0.3 is 0 Å². The van der Waals surface area contributed by atoms with Crippen LogP contribution < -0.4 is 15.9 Å². The van der Waals surface area contributed by atoms with E-state index in [1.165, 1.54) is 28.6 Å². The van der Waals surface area contributed by atoms with Crippen molar-refractivity contribution in [3.05, 3.63) is 59.9 Å². The molecule has 0 unspecified atom stereocenters. The summed E-state index contributed by atoms with van der Waals surface area (Å²) in [7, 11) is 1.59. The lowest BCUT2D eigenvalue weighted by Crippen LogP contribution is -2.25. The first-order chi connectivity index (χ1) is 13.1. The molecule has 0 radical (unpaired) electrons. The number of nitrogens with two attached hydrogens (primary N) is 1. The van der Waals surface area contributed by atoms with Gasteiger partial charge in [0.05, 0.1) is 12.9 Å². The monoisotopic (exact) mass is 387 g/mol. The number of hydrogen-bond acceptors (Lipinski definition) is 6. The van der Waals surface area contributed by atoms with Gasteiger partial charge in [0, 0.05) is 12.1 Å². The highest BCUT2D eigenvalue weighted by molar-refractivity contribution is 7.99. The fraction of sp³-hybridized carbons (Fsp3) is 0.167. The Bertz CT molecular complexity index is 913. The molecule has 0 aliphatic carbocycles. The van der Waals surface area contributed by atoms with Crippen LogP contribution in [-0.2, 0) is 11.3 Å². The normalized spacial score (nSPS) is 10.6. The van der Waals surface area contributed by atoms with Crippen LogP contribution in [0, 0.1) is 5.82 Å². The molecule has 3 N–H and O–H groups in total. The number of nitrogens with zero attached hydrogens (tertiary/aromatic N) is 3. The molecule has 140 valence electrons. The Kier molecular flexibility index (Phi) is 5.92. The third-order valence-corrected chi connectivity index (χ3v) is 4.69. The number of benzene rings is 2. The third kappa shape index (κ3) is 4.76. The van der Waals surface area contributed by atoms with Crippen LogP contribution in [0.3, 0.4) is 0 Å². The van der Waals surface area contributed by atoms with E-state index >= 15 is 0 Å². The molecule has 0 spiro atoms. The number of thioether (sulfide) groups is 1. The Morgan fingerprint density at radius 1 is 1.19 bits per heavy atom. The van der Waals surface area contributed by atoms with Crippen molar-refractivity contribution < 1.29 is 13.9 Å². The van der Waals surface area contributed by atoms with Crippen LogP contribution in [-0.4, -0.2) is 33.6 Å². The van der Waals surface area contributed by atoms with E-state index in [4.69, 9.17) is 10.6 Å². The van der Waals surface area contributed by atoms with Crippen molar-refractivity contribution >= 4 is 17.7 Å². The molecule has 0 saturated heterocycles. The average molecular weight is 387 g/mol. The molecule has 0 bridgehead atoms. The predicted octanol–water partition coefficient (Wildman–Crippen LogP) is 2.22. The fourth-order valence-corrected chi connectivity index (χ4v) is 2.98. The summed E-state index contributed by atoms with van der Waals surface area (Å²) < 4.78 is 19.3. The van der Waals surface area contributed by atoms with Gasteiger partial charge in [-0.15, -0.1) is 10.2 Å². The number of amides is 1. The van der Waals surface area contributed by atoms with Crippen molar-refractivity contribution in [2.45, 2.75) is 11.7 Å². The van der Waals surface area contributed by atoms with Gasteiger partial charge in [0.1, 0.15) is 11.6 Å². The number of carbonyl (C=O) groups is 1. The SMILES string of the molecule is COc1ccc(-c2nnc(SCC(=O)NCc3ccc(F)cc3)n2N)cc1. The van der Waals surface area contributed by atoms with Crippen LogP contribution in [0.25, 0.3) is 11.4 Å². The lowest BCUT2D eigenvalue weighted by atomic mass is 10.2. The van der Waals surface area contributed by atoms with E-state index in [2.05, 4.69) is 15.5 Å². The summed E-state index contributed by atoms with van der Waals surface area (Å²) in [6.45, 7) is 0.325. The van der Waals surface area contributed by atoms with Gasteiger partial charge in [0.25, 0.3) is 0 Å². The molecular weight excluding hydrogens is 369 g/mol. The van der Waals surface area contributed by atoms with E-state index in [-0.39, 0.29) is 17.5 Å². The smallest absolute Gasteiger partial charge is 0.230 e. The number of hydrogen-bond donors (Lipinski definition) is 2. The number of carbonyl (C=O) groups excluding carboxylic acids is 1. The lowest BCUT2D eigenvalue weighted by molar-refractivity contribution is -0.118. The summed E-state index contributed by atoms with van der Waals surface area (Å²) >= 11 is 1.18. The molecule has 1 heterocycles. The molecule has 1 aromatic heterocycles. The van der Waals surface area contributed by atoms with E-state index in [1.807, 2.05) is 12.1 Å². The zero-order valence-electron chi connectivity index (χ0n) is 14.6. The van der Waals surface area contributed by atoms with E-state index in [0.29, 0.717) is 17.5 Å². The van der Waals surface area contributed by atoms with Crippen LogP contribution in [0.5, 0.6) is 5.75 Å². The van der Waals surface area contributed by atoms with Crippen molar-refractivity contribution in [2.24, 2.45) is 0 Å². The minimum Gasteiger partial charge on any atom is -0.497 e. The van der Waals surface area contributed by atoms with Crippen LogP contribution >= 0.6 is 11.8 Å². The second kappa shape index (κ2) is 8.54. The zero-order valence-corrected chi connectivity index (χ0v) is 15.4. The molecule has 2 aromatic carbocycles. The average Bonchev–Trinajstić information content (AvgIpc) is 3.06. The molecule has 27 heavy (non-hydrogen) atoms. The van der Waals surface area contributed by atoms with Gasteiger partial charge in [0.15, 0.2) is 5.82 Å². The highest BCUT2D eigenvalue weighted by Gasteiger charge is 2.14. The molecule has 1 amide bonds. The molecule has 0 atom stereocenters. The maximum absolute atomic E-state index is 12.9. The Morgan fingerprint density at radius 2 is 1.89 bits per heavy atom. The first-order valence-corrected chi connectivity index (χ1v) is 9.04. The van der Waals surface area contributed by atoms with Crippen LogP contribution in [0.1, 0.15) is 5.56 Å². The van der Waals surface area contributed by atoms with Crippen LogP contribution in [0.15, 0.2) is 53.7 Å². The summed E-state index contributed by atoms with van der Waals surface area (Å²) in [5.41, 5.74) is 1.61. The summed E-state index contributed by atoms with van der Waals surface area (Å²) in [6, 6.07) is 13.2. The Balaban J connectivity index is 1.55. The summed E-state index contributed by atoms with van der Waals surface area (Å²) in [6.07, 6.45) is 0. The first-order valence-electron chi connectivity index (χ1n) is 8.05. The Labute approximate surface area is 159 Å². The lowest BCUT2D eigenvalue weighted by Gasteiger charge is -2.06. The van der Waals surface area contributed by atoms with E-state index in [1.54, 1.807) is 31.4 Å². The van der Waals surface area contributed by atoms with Gasteiger partial charge in [-0.05, 0) is 42.0 Å². The molecule has 9 heteroatoms. The number of nitrogens with one attached hydrogen (secondary N) is 1. The van der Waals surface area contributed by atoms with Crippen molar-refractivity contribution in [1.29, 1.82) is 0 Å². The topological polar surface area (TPSA) is 95.1 Å². The maximum Gasteiger partial charge on any atom is 0.230 e. The highest BCUT2D eigenvalue weighted by Crippen LogP contribution is 2.23. The standard InChI is InChI=1S/C18H18FN5O2S/c1-26-15-8-4-13(5-9-15)17-22-23-18(24(17)20)27-11-16(25)21-10-12-2-6-14(19)7-3-12/h2-9H,10-11,20H2,1H3,(H,21,25). The van der Waals surface area contributed by atoms with Gasteiger partial charge < -0.3 is 15.9 Å². The number of aromatic nitrogens is 3. The molecular formula is C18H18FN5O2S. The van der Waals surface area contributed by atoms with Gasteiger partial charge in [-0.1, -0.05) is 23.9 Å². The molecule has 0 fully saturated rings. The Morgan fingerprint density at radius 3 is 2.56 bits per heavy atom. The highest BCUT2D eigenvalue weighted by atomic mass is 32.2. The molecule has 3 aromatic rings. The van der Waals surface area contributed by atoms with Crippen molar-refractivity contribution in [1.82, 2.24) is 20.2 Å². The van der Waals surface area contributed by atoms with E-state index in [0.717, 1.165) is 16.9 Å². The van der Waals surface area contributed by atoms with E-state index < -0.39 is 0 Å². The quantitative estimate of drug-likeness (QED) is 0.477. The molecule has 0 aliphatic rings. The van der Waals surface area contributed by atoms with Gasteiger partial charge in [0.2, 0.25) is 11.1 Å². The number of methoxy groups -OCH3 is 1. The molecule has 0 saturated carbocycles. The van der Waals surface area contributed by atoms with Crippen molar-refractivity contribution in [3.8, 4) is 17.1 Å². The number of ether oxygens (including phenoxy) is 1. The largest absolute Gasteiger partial charge is 0.497 e. The van der Waals surface area contributed by atoms with Crippen molar-refractivity contribution in [2.75, 3.05) is 18.7 Å². The molecule has 7 nitrogen and oxygen atoms in total. The van der Waals surface area contributed by atoms with Gasteiger partial charge in [-0.3, -0.25) is 4.79 Å². The summed E-state index contributed by atoms with van der Waals surface area (Å²) in [5, 5.41) is 11.3. The Hall–Kier alpha value is -3.07. The van der Waals surface area contributed by atoms with Crippen LogP contribution in [0.4, 0.5) is 4.39 Å². The van der Waals surface area contributed by atoms with Gasteiger partial charge in [-0.2, -0.15) is 0 Å². The number of nitrogen functional groups attached to an aromatic ring is 1. The minimum absolute atomic E-state index is 0.138. The molecule has 3 rings (SSSR count). The van der Waals surface area contributed by atoms with Crippen LogP contribution in [0.2, 0.25) is 0 Å². The van der Waals surface area contributed by atoms with Crippen molar-refractivity contribution in [3.63, 3.8) is 0 Å². The predicted molar refractivity (Wildman–Crippen MR) is 101 cm³/mol. The second-order valence-corrected chi connectivity index (χ2v) is 6.54. The first kappa shape index (κ1) is 18.7.